The maximum atomic E-state index is 11.3. The van der Waals surface area contributed by atoms with E-state index < -0.39 is 5.91 Å². The van der Waals surface area contributed by atoms with Crippen LogP contribution in [0.1, 0.15) is 9.67 Å². The summed E-state index contributed by atoms with van der Waals surface area (Å²) in [7, 11) is 1.55. The molecule has 1 fully saturated rings. The van der Waals surface area contributed by atoms with Gasteiger partial charge in [0.15, 0.2) is 5.75 Å². The van der Waals surface area contributed by atoms with Crippen molar-refractivity contribution in [2.45, 2.75) is 0 Å². The van der Waals surface area contributed by atoms with Gasteiger partial charge >= 0.3 is 0 Å². The van der Waals surface area contributed by atoms with Gasteiger partial charge in [-0.3, -0.25) is 4.79 Å². The fourth-order valence-electron chi connectivity index (χ4n) is 1.87. The second-order valence-corrected chi connectivity index (χ2v) is 4.78. The zero-order valence-corrected chi connectivity index (χ0v) is 10.5. The highest BCUT2D eigenvalue weighted by molar-refractivity contribution is 7.19. The number of anilines is 2. The molecule has 1 saturated heterocycles. The van der Waals surface area contributed by atoms with E-state index >= 15 is 0 Å². The van der Waals surface area contributed by atoms with Gasteiger partial charge in [0.2, 0.25) is 0 Å². The quantitative estimate of drug-likeness (QED) is 0.699. The average molecular weight is 256 g/mol. The summed E-state index contributed by atoms with van der Waals surface area (Å²) >= 11 is 1.30. The highest BCUT2D eigenvalue weighted by Crippen LogP contribution is 2.44. The molecule has 0 aromatic carbocycles. The minimum atomic E-state index is -0.507. The molecule has 7 heteroatoms. The molecule has 0 bridgehead atoms. The summed E-state index contributed by atoms with van der Waals surface area (Å²) in [6.07, 6.45) is 0. The lowest BCUT2D eigenvalue weighted by Crippen LogP contribution is -2.43. The maximum Gasteiger partial charge on any atom is 0.261 e. The van der Waals surface area contributed by atoms with Crippen molar-refractivity contribution in [1.82, 2.24) is 5.32 Å². The molecule has 5 N–H and O–H groups in total. The maximum absolute atomic E-state index is 11.3. The fraction of sp³-hybridized carbons (Fsp3) is 0.500. The van der Waals surface area contributed by atoms with Crippen molar-refractivity contribution >= 4 is 27.9 Å². The van der Waals surface area contributed by atoms with E-state index in [9.17, 15) is 4.79 Å². The Balaban J connectivity index is 2.38. The number of nitrogens with zero attached hydrogens (tertiary/aromatic N) is 1. The van der Waals surface area contributed by atoms with Gasteiger partial charge in [-0.05, 0) is 0 Å². The molecule has 0 aliphatic carbocycles. The Morgan fingerprint density at radius 2 is 2.12 bits per heavy atom. The number of nitrogen functional groups attached to an aromatic ring is 1. The second-order valence-electron chi connectivity index (χ2n) is 3.78. The third kappa shape index (κ3) is 2.16. The summed E-state index contributed by atoms with van der Waals surface area (Å²) in [5.74, 6) is 0.0536. The second kappa shape index (κ2) is 4.80. The van der Waals surface area contributed by atoms with Gasteiger partial charge in [-0.25, -0.2) is 0 Å². The van der Waals surface area contributed by atoms with E-state index in [1.54, 1.807) is 7.11 Å². The monoisotopic (exact) mass is 256 g/mol. The Hall–Kier alpha value is -1.47. The summed E-state index contributed by atoms with van der Waals surface area (Å²) < 4.78 is 5.28. The molecule has 0 radical (unpaired) electrons. The van der Waals surface area contributed by atoms with Gasteiger partial charge in [0.05, 0.1) is 7.11 Å². The third-order valence-electron chi connectivity index (χ3n) is 2.71. The van der Waals surface area contributed by atoms with E-state index in [1.165, 1.54) is 11.3 Å². The zero-order chi connectivity index (χ0) is 12.4. The van der Waals surface area contributed by atoms with Crippen LogP contribution in [0.3, 0.4) is 0 Å². The molecule has 1 aliphatic rings. The number of hydrogen-bond acceptors (Lipinski definition) is 6. The Morgan fingerprint density at radius 1 is 1.47 bits per heavy atom. The van der Waals surface area contributed by atoms with E-state index in [4.69, 9.17) is 16.2 Å². The van der Waals surface area contributed by atoms with Crippen LogP contribution in [0.4, 0.5) is 10.7 Å². The standard InChI is InChI=1S/C10H16N4O2S/c1-16-7-6(11)8(9(12)15)17-10(7)14-4-2-13-3-5-14/h13H,2-5,11H2,1H3,(H2,12,15). The van der Waals surface area contributed by atoms with Crippen LogP contribution in [0.25, 0.3) is 0 Å². The van der Waals surface area contributed by atoms with E-state index in [0.717, 1.165) is 31.2 Å². The third-order valence-corrected chi connectivity index (χ3v) is 3.98. The van der Waals surface area contributed by atoms with Crippen LogP contribution in [0.15, 0.2) is 0 Å². The van der Waals surface area contributed by atoms with Crippen molar-refractivity contribution in [3.63, 3.8) is 0 Å². The molecule has 0 saturated carbocycles. The summed E-state index contributed by atoms with van der Waals surface area (Å²) in [6, 6.07) is 0. The SMILES string of the molecule is COc1c(N2CCNCC2)sc(C(N)=O)c1N. The van der Waals surface area contributed by atoms with E-state index in [-0.39, 0.29) is 0 Å². The smallest absolute Gasteiger partial charge is 0.261 e. The van der Waals surface area contributed by atoms with Crippen molar-refractivity contribution in [3.8, 4) is 5.75 Å². The van der Waals surface area contributed by atoms with Gasteiger partial charge in [-0.15, -0.1) is 11.3 Å². The number of rotatable bonds is 3. The van der Waals surface area contributed by atoms with E-state index in [2.05, 4.69) is 10.2 Å². The highest BCUT2D eigenvalue weighted by Gasteiger charge is 2.24. The Bertz CT molecular complexity index is 426. The average Bonchev–Trinajstić information content (AvgIpc) is 2.67. The van der Waals surface area contributed by atoms with E-state index in [1.807, 2.05) is 0 Å². The van der Waals surface area contributed by atoms with Crippen molar-refractivity contribution in [2.24, 2.45) is 5.73 Å². The Kier molecular flexibility index (Phi) is 3.39. The first-order valence-electron chi connectivity index (χ1n) is 5.37. The number of thiophene rings is 1. The van der Waals surface area contributed by atoms with Gasteiger partial charge in [-0.2, -0.15) is 0 Å². The van der Waals surface area contributed by atoms with Gasteiger partial charge in [0.1, 0.15) is 15.6 Å². The molecule has 1 aliphatic heterocycles. The van der Waals surface area contributed by atoms with Crippen LogP contribution in [0.5, 0.6) is 5.75 Å². The Labute approximate surface area is 104 Å². The number of nitrogens with one attached hydrogen (secondary N) is 1. The van der Waals surface area contributed by atoms with Crippen molar-refractivity contribution < 1.29 is 9.53 Å². The summed E-state index contributed by atoms with van der Waals surface area (Å²) in [4.78, 5) is 13.8. The van der Waals surface area contributed by atoms with Crippen LogP contribution in [0, 0.1) is 0 Å². The lowest BCUT2D eigenvalue weighted by atomic mass is 10.3. The molecule has 1 aromatic rings. The molecule has 17 heavy (non-hydrogen) atoms. The largest absolute Gasteiger partial charge is 0.492 e. The molecular weight excluding hydrogens is 240 g/mol. The predicted octanol–water partition coefficient (Wildman–Crippen LogP) is -0.153. The first-order chi connectivity index (χ1) is 8.15. The molecule has 94 valence electrons. The van der Waals surface area contributed by atoms with Crippen molar-refractivity contribution in [3.05, 3.63) is 4.88 Å². The zero-order valence-electron chi connectivity index (χ0n) is 9.66. The van der Waals surface area contributed by atoms with Crippen LogP contribution in [-0.4, -0.2) is 39.2 Å². The normalized spacial score (nSPS) is 15.9. The Morgan fingerprint density at radius 3 is 2.65 bits per heavy atom. The van der Waals surface area contributed by atoms with E-state index in [0.29, 0.717) is 16.3 Å². The molecule has 0 unspecified atom stereocenters. The molecule has 1 aromatic heterocycles. The number of ether oxygens (including phenoxy) is 1. The number of nitrogens with two attached hydrogens (primary N) is 2. The minimum Gasteiger partial charge on any atom is -0.492 e. The number of methoxy groups -OCH3 is 1. The summed E-state index contributed by atoms with van der Waals surface area (Å²) in [6.45, 7) is 3.56. The summed E-state index contributed by atoms with van der Waals surface area (Å²) in [5.41, 5.74) is 11.5. The highest BCUT2D eigenvalue weighted by atomic mass is 32.1. The lowest BCUT2D eigenvalue weighted by Gasteiger charge is -2.28. The van der Waals surface area contributed by atoms with Gasteiger partial charge < -0.3 is 26.4 Å². The number of hydrogen-bond donors (Lipinski definition) is 3. The van der Waals surface area contributed by atoms with Crippen molar-refractivity contribution in [2.75, 3.05) is 43.9 Å². The molecule has 6 nitrogen and oxygen atoms in total. The van der Waals surface area contributed by atoms with Gasteiger partial charge in [-0.1, -0.05) is 0 Å². The lowest BCUT2D eigenvalue weighted by molar-refractivity contribution is 0.100. The molecular formula is C10H16N4O2S. The summed E-state index contributed by atoms with van der Waals surface area (Å²) in [5, 5.41) is 4.15. The molecule has 2 heterocycles. The first kappa shape index (κ1) is 12.0. The van der Waals surface area contributed by atoms with Crippen LogP contribution >= 0.6 is 11.3 Å². The molecule has 0 atom stereocenters. The number of carbonyl (C=O) groups is 1. The number of primary amides is 1. The molecule has 1 amide bonds. The van der Waals surface area contributed by atoms with Crippen LogP contribution in [-0.2, 0) is 0 Å². The van der Waals surface area contributed by atoms with Gasteiger partial charge in [0, 0.05) is 26.2 Å². The first-order valence-corrected chi connectivity index (χ1v) is 6.18. The van der Waals surface area contributed by atoms with Crippen LogP contribution in [0.2, 0.25) is 0 Å². The number of amides is 1. The fourth-order valence-corrected chi connectivity index (χ4v) is 2.97. The topological polar surface area (TPSA) is 93.6 Å². The predicted molar refractivity (Wildman–Crippen MR) is 68.9 cm³/mol. The number of carbonyl (C=O) groups excluding carboxylic acids is 1. The molecule has 2 rings (SSSR count). The van der Waals surface area contributed by atoms with Crippen molar-refractivity contribution in [1.29, 1.82) is 0 Å². The molecule has 0 spiro atoms. The van der Waals surface area contributed by atoms with Gasteiger partial charge in [0.25, 0.3) is 5.91 Å². The minimum absolute atomic E-state index is 0.346. The number of piperazine rings is 1. The van der Waals surface area contributed by atoms with Crippen LogP contribution < -0.4 is 26.4 Å².